The molecule has 2 heterocycles. The zero-order chi connectivity index (χ0) is 24.1. The van der Waals surface area contributed by atoms with Crippen molar-refractivity contribution in [3.63, 3.8) is 0 Å². The lowest BCUT2D eigenvalue weighted by atomic mass is 9.88. The van der Waals surface area contributed by atoms with Crippen molar-refractivity contribution in [1.29, 1.82) is 5.26 Å². The van der Waals surface area contributed by atoms with E-state index in [4.69, 9.17) is 5.26 Å². The van der Waals surface area contributed by atoms with Gasteiger partial charge in [-0.3, -0.25) is 0 Å². The average molecular weight is 456 g/mol. The van der Waals surface area contributed by atoms with Crippen LogP contribution < -0.4 is 16.0 Å². The molecule has 6 heteroatoms. The SMILES string of the molecule is C=C1NCCCC1NC(=O)Nc1cc(C(=C)N2CCC(c3ccc(C#N)cc3)CC2)ccc1C. The van der Waals surface area contributed by atoms with Crippen LogP contribution in [-0.2, 0) is 0 Å². The Labute approximate surface area is 202 Å². The summed E-state index contributed by atoms with van der Waals surface area (Å²) in [7, 11) is 0. The van der Waals surface area contributed by atoms with E-state index in [1.807, 2.05) is 31.2 Å². The highest BCUT2D eigenvalue weighted by Gasteiger charge is 2.23. The van der Waals surface area contributed by atoms with E-state index in [2.05, 4.69) is 58.3 Å². The number of carbonyl (C=O) groups is 1. The van der Waals surface area contributed by atoms with Crippen molar-refractivity contribution in [2.45, 2.75) is 44.6 Å². The molecule has 4 rings (SSSR count). The number of benzene rings is 2. The lowest BCUT2D eigenvalue weighted by Crippen LogP contribution is -2.45. The number of nitrogens with zero attached hydrogens (tertiary/aromatic N) is 2. The molecule has 0 spiro atoms. The second-order valence-electron chi connectivity index (χ2n) is 9.22. The molecule has 2 aliphatic heterocycles. The van der Waals surface area contributed by atoms with E-state index in [0.29, 0.717) is 11.5 Å². The summed E-state index contributed by atoms with van der Waals surface area (Å²) < 4.78 is 0. The van der Waals surface area contributed by atoms with Crippen LogP contribution in [0.5, 0.6) is 0 Å². The van der Waals surface area contributed by atoms with Gasteiger partial charge in [-0.05, 0) is 73.4 Å². The highest BCUT2D eigenvalue weighted by Crippen LogP contribution is 2.32. The molecule has 1 atom stereocenters. The fourth-order valence-electron chi connectivity index (χ4n) is 4.76. The number of urea groups is 1. The van der Waals surface area contributed by atoms with Crippen molar-refractivity contribution in [3.8, 4) is 6.07 Å². The third-order valence-electron chi connectivity index (χ3n) is 6.95. The van der Waals surface area contributed by atoms with Gasteiger partial charge in [0, 0.05) is 36.7 Å². The number of rotatable bonds is 5. The monoisotopic (exact) mass is 455 g/mol. The molecule has 2 saturated heterocycles. The molecule has 0 aliphatic carbocycles. The van der Waals surface area contributed by atoms with Crippen LogP contribution in [0.1, 0.15) is 53.9 Å². The van der Waals surface area contributed by atoms with Gasteiger partial charge in [-0.15, -0.1) is 0 Å². The van der Waals surface area contributed by atoms with E-state index in [-0.39, 0.29) is 12.1 Å². The molecule has 2 aromatic rings. The number of hydrogen-bond acceptors (Lipinski definition) is 4. The normalized spacial score (nSPS) is 18.5. The van der Waals surface area contributed by atoms with Gasteiger partial charge in [0.25, 0.3) is 0 Å². The van der Waals surface area contributed by atoms with Gasteiger partial charge in [-0.25, -0.2) is 4.79 Å². The van der Waals surface area contributed by atoms with Crippen molar-refractivity contribution in [1.82, 2.24) is 15.5 Å². The molecular weight excluding hydrogens is 422 g/mol. The standard InChI is InChI=1S/C28H33N5O/c1-19-6-9-25(17-27(19)32-28(34)31-26-5-4-14-30-20(26)2)21(3)33-15-12-24(13-16-33)23-10-7-22(18-29)8-11-23/h6-11,17,24,26,30H,2-5,12-16H2,1H3,(H2,31,32,34). The Bertz CT molecular complexity index is 1110. The smallest absolute Gasteiger partial charge is 0.319 e. The molecule has 2 aliphatic rings. The van der Waals surface area contributed by atoms with Crippen molar-refractivity contribution in [2.24, 2.45) is 0 Å². The summed E-state index contributed by atoms with van der Waals surface area (Å²) in [4.78, 5) is 15.0. The number of likely N-dealkylation sites (tertiary alicyclic amines) is 1. The molecule has 2 aromatic carbocycles. The van der Waals surface area contributed by atoms with Crippen molar-refractivity contribution in [2.75, 3.05) is 25.0 Å². The highest BCUT2D eigenvalue weighted by molar-refractivity contribution is 5.91. The number of nitriles is 1. The first-order valence-corrected chi connectivity index (χ1v) is 12.0. The Balaban J connectivity index is 1.36. The molecule has 0 aromatic heterocycles. The number of carbonyl (C=O) groups excluding carboxylic acids is 1. The molecule has 176 valence electrons. The van der Waals surface area contributed by atoms with Gasteiger partial charge >= 0.3 is 6.03 Å². The van der Waals surface area contributed by atoms with E-state index in [1.54, 1.807) is 0 Å². The molecule has 3 N–H and O–H groups in total. The fourth-order valence-corrected chi connectivity index (χ4v) is 4.76. The maximum Gasteiger partial charge on any atom is 0.319 e. The molecule has 2 fully saturated rings. The van der Waals surface area contributed by atoms with Crippen molar-refractivity contribution >= 4 is 17.4 Å². The Kier molecular flexibility index (Phi) is 7.22. The maximum atomic E-state index is 12.6. The van der Waals surface area contributed by atoms with Gasteiger partial charge in [-0.1, -0.05) is 37.4 Å². The molecule has 34 heavy (non-hydrogen) atoms. The minimum absolute atomic E-state index is 0.0513. The Morgan fingerprint density at radius 2 is 1.88 bits per heavy atom. The highest BCUT2D eigenvalue weighted by atomic mass is 16.2. The lowest BCUT2D eigenvalue weighted by molar-refractivity contribution is 0.248. The summed E-state index contributed by atoms with van der Waals surface area (Å²) >= 11 is 0. The first kappa shape index (κ1) is 23.4. The van der Waals surface area contributed by atoms with Gasteiger partial charge in [-0.2, -0.15) is 5.26 Å². The molecule has 6 nitrogen and oxygen atoms in total. The van der Waals surface area contributed by atoms with E-state index in [1.165, 1.54) is 5.56 Å². The van der Waals surface area contributed by atoms with Crippen LogP contribution in [0.25, 0.3) is 5.70 Å². The Morgan fingerprint density at radius 3 is 2.56 bits per heavy atom. The van der Waals surface area contributed by atoms with Crippen LogP contribution in [-0.4, -0.2) is 36.6 Å². The molecule has 0 bridgehead atoms. The maximum absolute atomic E-state index is 12.6. The van der Waals surface area contributed by atoms with Gasteiger partial charge < -0.3 is 20.9 Å². The van der Waals surface area contributed by atoms with E-state index < -0.39 is 0 Å². The van der Waals surface area contributed by atoms with E-state index in [9.17, 15) is 4.79 Å². The minimum Gasteiger partial charge on any atom is -0.387 e. The summed E-state index contributed by atoms with van der Waals surface area (Å²) in [6, 6.07) is 16.0. The van der Waals surface area contributed by atoms with Crippen LogP contribution in [0, 0.1) is 18.3 Å². The van der Waals surface area contributed by atoms with Gasteiger partial charge in [0.2, 0.25) is 0 Å². The van der Waals surface area contributed by atoms with Crippen LogP contribution in [0.2, 0.25) is 0 Å². The van der Waals surface area contributed by atoms with Crippen LogP contribution in [0.15, 0.2) is 61.3 Å². The largest absolute Gasteiger partial charge is 0.387 e. The van der Waals surface area contributed by atoms with Crippen LogP contribution in [0.3, 0.4) is 0 Å². The van der Waals surface area contributed by atoms with E-state index >= 15 is 0 Å². The minimum atomic E-state index is -0.219. The van der Waals surface area contributed by atoms with Gasteiger partial charge in [0.05, 0.1) is 17.7 Å². The zero-order valence-electron chi connectivity index (χ0n) is 19.9. The summed E-state index contributed by atoms with van der Waals surface area (Å²) in [5.74, 6) is 0.500. The number of anilines is 1. The van der Waals surface area contributed by atoms with Crippen molar-refractivity contribution in [3.05, 3.63) is 83.6 Å². The third kappa shape index (κ3) is 5.43. The second-order valence-corrected chi connectivity index (χ2v) is 9.22. The molecule has 0 saturated carbocycles. The van der Waals surface area contributed by atoms with Crippen LogP contribution in [0.4, 0.5) is 10.5 Å². The lowest BCUT2D eigenvalue weighted by Gasteiger charge is -2.35. The van der Waals surface area contributed by atoms with Gasteiger partial charge in [0.1, 0.15) is 0 Å². The third-order valence-corrected chi connectivity index (χ3v) is 6.95. The number of hydrogen-bond donors (Lipinski definition) is 3. The molecular formula is C28H33N5O. The van der Waals surface area contributed by atoms with E-state index in [0.717, 1.165) is 73.5 Å². The van der Waals surface area contributed by atoms with Crippen molar-refractivity contribution < 1.29 is 4.79 Å². The Morgan fingerprint density at radius 1 is 1.15 bits per heavy atom. The second kappa shape index (κ2) is 10.5. The quantitative estimate of drug-likeness (QED) is 0.586. The Hall–Kier alpha value is -3.72. The number of piperidine rings is 2. The zero-order valence-corrected chi connectivity index (χ0v) is 19.9. The first-order chi connectivity index (χ1) is 16.4. The first-order valence-electron chi connectivity index (χ1n) is 12.0. The fraction of sp³-hybridized carbons (Fsp3) is 0.357. The van der Waals surface area contributed by atoms with Crippen LogP contribution >= 0.6 is 0 Å². The van der Waals surface area contributed by atoms with Gasteiger partial charge in [0.15, 0.2) is 0 Å². The number of nitrogens with one attached hydrogen (secondary N) is 3. The predicted octanol–water partition coefficient (Wildman–Crippen LogP) is 5.10. The topological polar surface area (TPSA) is 80.2 Å². The summed E-state index contributed by atoms with van der Waals surface area (Å²) in [5, 5.41) is 18.3. The molecule has 1 unspecified atom stereocenters. The summed E-state index contributed by atoms with van der Waals surface area (Å²) in [6.07, 6.45) is 4.00. The predicted molar refractivity (Wildman–Crippen MR) is 137 cm³/mol. The number of amides is 2. The molecule has 0 radical (unpaired) electrons. The summed E-state index contributed by atoms with van der Waals surface area (Å²) in [6.45, 7) is 13.1. The summed E-state index contributed by atoms with van der Waals surface area (Å²) in [5.41, 5.74) is 6.66. The molecule has 2 amide bonds. The number of aryl methyl sites for hydroxylation is 1. The average Bonchev–Trinajstić information content (AvgIpc) is 2.86.